The summed E-state index contributed by atoms with van der Waals surface area (Å²) in [5.41, 5.74) is 1.14. The number of aliphatic hydroxyl groups excluding tert-OH is 1. The van der Waals surface area contributed by atoms with Crippen LogP contribution in [0.3, 0.4) is 0 Å². The van der Waals surface area contributed by atoms with E-state index < -0.39 is 0 Å². The molecule has 2 N–H and O–H groups in total. The standard InChI is InChI=1S/C12H16BrNO2/c13-11-5-2-1-4-10(11)6-7-12(16)14-8-3-9-15/h1-2,4-5,15H,3,6-9H2,(H,14,16). The quantitative estimate of drug-likeness (QED) is 0.784. The van der Waals surface area contributed by atoms with Crippen molar-refractivity contribution < 1.29 is 9.90 Å². The molecule has 4 heteroatoms. The van der Waals surface area contributed by atoms with Crippen LogP contribution in [0.1, 0.15) is 18.4 Å². The lowest BCUT2D eigenvalue weighted by atomic mass is 10.1. The fraction of sp³-hybridized carbons (Fsp3) is 0.417. The number of carbonyl (C=O) groups excluding carboxylic acids is 1. The highest BCUT2D eigenvalue weighted by Crippen LogP contribution is 2.17. The van der Waals surface area contributed by atoms with Crippen molar-refractivity contribution in [1.29, 1.82) is 0 Å². The summed E-state index contributed by atoms with van der Waals surface area (Å²) in [4.78, 5) is 11.4. The first-order chi connectivity index (χ1) is 7.74. The molecule has 0 saturated carbocycles. The van der Waals surface area contributed by atoms with Crippen LogP contribution < -0.4 is 5.32 Å². The third kappa shape index (κ3) is 4.77. The molecule has 0 bridgehead atoms. The molecule has 0 aliphatic rings. The molecule has 0 aromatic heterocycles. The summed E-state index contributed by atoms with van der Waals surface area (Å²) in [6, 6.07) is 7.89. The Labute approximate surface area is 104 Å². The van der Waals surface area contributed by atoms with E-state index in [-0.39, 0.29) is 12.5 Å². The average Bonchev–Trinajstić information content (AvgIpc) is 2.28. The number of carbonyl (C=O) groups is 1. The number of hydrogen-bond donors (Lipinski definition) is 2. The van der Waals surface area contributed by atoms with Gasteiger partial charge in [0.1, 0.15) is 0 Å². The lowest BCUT2D eigenvalue weighted by Crippen LogP contribution is -2.25. The molecule has 0 heterocycles. The minimum absolute atomic E-state index is 0.0317. The molecular formula is C12H16BrNO2. The van der Waals surface area contributed by atoms with Crippen LogP contribution in [0, 0.1) is 0 Å². The first kappa shape index (κ1) is 13.2. The van der Waals surface area contributed by atoms with E-state index in [2.05, 4.69) is 21.2 Å². The van der Waals surface area contributed by atoms with E-state index >= 15 is 0 Å². The fourth-order valence-corrected chi connectivity index (χ4v) is 1.83. The molecule has 1 aromatic carbocycles. The maximum atomic E-state index is 11.4. The van der Waals surface area contributed by atoms with Crippen molar-refractivity contribution in [3.8, 4) is 0 Å². The molecule has 0 saturated heterocycles. The van der Waals surface area contributed by atoms with Crippen molar-refractivity contribution in [2.75, 3.05) is 13.2 Å². The molecule has 0 aliphatic heterocycles. The van der Waals surface area contributed by atoms with Gasteiger partial charge in [0.15, 0.2) is 0 Å². The van der Waals surface area contributed by atoms with Crippen molar-refractivity contribution >= 4 is 21.8 Å². The molecule has 88 valence electrons. The summed E-state index contributed by atoms with van der Waals surface area (Å²) in [6.45, 7) is 0.663. The highest BCUT2D eigenvalue weighted by molar-refractivity contribution is 9.10. The first-order valence-corrected chi connectivity index (χ1v) is 6.14. The molecule has 0 fully saturated rings. The van der Waals surface area contributed by atoms with Crippen molar-refractivity contribution in [3.63, 3.8) is 0 Å². The minimum Gasteiger partial charge on any atom is -0.396 e. The molecule has 0 radical (unpaired) electrons. The predicted molar refractivity (Wildman–Crippen MR) is 67.2 cm³/mol. The van der Waals surface area contributed by atoms with E-state index in [1.54, 1.807) is 0 Å². The normalized spacial score (nSPS) is 10.1. The zero-order chi connectivity index (χ0) is 11.8. The van der Waals surface area contributed by atoms with E-state index in [1.807, 2.05) is 24.3 Å². The second kappa shape index (κ2) is 7.41. The van der Waals surface area contributed by atoms with Crippen LogP contribution >= 0.6 is 15.9 Å². The molecule has 1 aromatic rings. The smallest absolute Gasteiger partial charge is 0.220 e. The van der Waals surface area contributed by atoms with Gasteiger partial charge in [0.25, 0.3) is 0 Å². The molecule has 16 heavy (non-hydrogen) atoms. The van der Waals surface area contributed by atoms with Gasteiger partial charge in [-0.3, -0.25) is 4.79 Å². The Hall–Kier alpha value is -0.870. The van der Waals surface area contributed by atoms with Gasteiger partial charge in [0.05, 0.1) is 0 Å². The fourth-order valence-electron chi connectivity index (χ4n) is 1.34. The monoisotopic (exact) mass is 285 g/mol. The van der Waals surface area contributed by atoms with E-state index in [0.29, 0.717) is 19.4 Å². The van der Waals surface area contributed by atoms with Crippen LogP contribution in [0.15, 0.2) is 28.7 Å². The van der Waals surface area contributed by atoms with Crippen molar-refractivity contribution in [2.45, 2.75) is 19.3 Å². The molecule has 3 nitrogen and oxygen atoms in total. The average molecular weight is 286 g/mol. The van der Waals surface area contributed by atoms with Gasteiger partial charge in [-0.2, -0.15) is 0 Å². The summed E-state index contributed by atoms with van der Waals surface area (Å²) in [7, 11) is 0. The number of aliphatic hydroxyl groups is 1. The highest BCUT2D eigenvalue weighted by Gasteiger charge is 2.03. The van der Waals surface area contributed by atoms with Crippen LogP contribution in [0.25, 0.3) is 0 Å². The van der Waals surface area contributed by atoms with Gasteiger partial charge >= 0.3 is 0 Å². The van der Waals surface area contributed by atoms with Gasteiger partial charge in [-0.25, -0.2) is 0 Å². The maximum Gasteiger partial charge on any atom is 0.220 e. The molecule has 0 aliphatic carbocycles. The zero-order valence-electron chi connectivity index (χ0n) is 9.08. The number of aryl methyl sites for hydroxylation is 1. The lowest BCUT2D eigenvalue weighted by Gasteiger charge is -2.05. The maximum absolute atomic E-state index is 11.4. The topological polar surface area (TPSA) is 49.3 Å². The molecular weight excluding hydrogens is 270 g/mol. The number of amides is 1. The molecule has 0 unspecified atom stereocenters. The van der Waals surface area contributed by atoms with Gasteiger partial charge in [0, 0.05) is 24.0 Å². The number of rotatable bonds is 6. The van der Waals surface area contributed by atoms with Crippen LogP contribution in [0.2, 0.25) is 0 Å². The third-order valence-corrected chi connectivity index (χ3v) is 3.01. The molecule has 0 spiro atoms. The van der Waals surface area contributed by atoms with Crippen molar-refractivity contribution in [1.82, 2.24) is 5.32 Å². The second-order valence-electron chi connectivity index (χ2n) is 3.52. The summed E-state index contributed by atoms with van der Waals surface area (Å²) in [5.74, 6) is 0.0317. The summed E-state index contributed by atoms with van der Waals surface area (Å²) >= 11 is 3.45. The number of benzene rings is 1. The Kier molecular flexibility index (Phi) is 6.11. The first-order valence-electron chi connectivity index (χ1n) is 5.35. The van der Waals surface area contributed by atoms with Crippen LogP contribution in [0.4, 0.5) is 0 Å². The number of nitrogens with one attached hydrogen (secondary N) is 1. The van der Waals surface area contributed by atoms with Crippen molar-refractivity contribution in [2.24, 2.45) is 0 Å². The Bertz CT molecular complexity index is 342. The molecule has 1 amide bonds. The SMILES string of the molecule is O=C(CCc1ccccc1Br)NCCCO. The number of halogens is 1. The minimum atomic E-state index is 0.0317. The van der Waals surface area contributed by atoms with Gasteiger partial charge in [-0.1, -0.05) is 34.1 Å². The van der Waals surface area contributed by atoms with E-state index in [0.717, 1.165) is 16.5 Å². The van der Waals surface area contributed by atoms with E-state index in [1.165, 1.54) is 0 Å². The van der Waals surface area contributed by atoms with Gasteiger partial charge in [-0.15, -0.1) is 0 Å². The van der Waals surface area contributed by atoms with Crippen LogP contribution in [-0.4, -0.2) is 24.2 Å². The Morgan fingerprint density at radius 1 is 1.38 bits per heavy atom. The Morgan fingerprint density at radius 3 is 2.81 bits per heavy atom. The summed E-state index contributed by atoms with van der Waals surface area (Å²) in [5, 5.41) is 11.3. The Balaban J connectivity index is 2.29. The predicted octanol–water partition coefficient (Wildman–Crippen LogP) is 1.88. The zero-order valence-corrected chi connectivity index (χ0v) is 10.7. The largest absolute Gasteiger partial charge is 0.396 e. The number of hydrogen-bond acceptors (Lipinski definition) is 2. The van der Waals surface area contributed by atoms with Gasteiger partial charge in [-0.05, 0) is 24.5 Å². The van der Waals surface area contributed by atoms with Crippen molar-refractivity contribution in [3.05, 3.63) is 34.3 Å². The van der Waals surface area contributed by atoms with E-state index in [9.17, 15) is 4.79 Å². The van der Waals surface area contributed by atoms with E-state index in [4.69, 9.17) is 5.11 Å². The highest BCUT2D eigenvalue weighted by atomic mass is 79.9. The second-order valence-corrected chi connectivity index (χ2v) is 4.37. The molecule has 0 atom stereocenters. The van der Waals surface area contributed by atoms with Gasteiger partial charge < -0.3 is 10.4 Å². The third-order valence-electron chi connectivity index (χ3n) is 2.24. The van der Waals surface area contributed by atoms with Gasteiger partial charge in [0.2, 0.25) is 5.91 Å². The summed E-state index contributed by atoms with van der Waals surface area (Å²) in [6.07, 6.45) is 1.82. The Morgan fingerprint density at radius 2 is 2.12 bits per heavy atom. The van der Waals surface area contributed by atoms with Crippen LogP contribution in [0.5, 0.6) is 0 Å². The lowest BCUT2D eigenvalue weighted by molar-refractivity contribution is -0.121. The summed E-state index contributed by atoms with van der Waals surface area (Å²) < 4.78 is 1.04. The molecule has 1 rings (SSSR count). The van der Waals surface area contributed by atoms with Crippen LogP contribution in [-0.2, 0) is 11.2 Å².